The van der Waals surface area contributed by atoms with Gasteiger partial charge in [-0.05, 0) is 12.0 Å². The lowest BCUT2D eigenvalue weighted by atomic mass is 9.98. The summed E-state index contributed by atoms with van der Waals surface area (Å²) >= 11 is 0. The van der Waals surface area contributed by atoms with E-state index in [1.54, 1.807) is 0 Å². The van der Waals surface area contributed by atoms with Gasteiger partial charge in [0.1, 0.15) is 18.8 Å². The van der Waals surface area contributed by atoms with E-state index < -0.39 is 30.7 Å². The number of carbonyl (C=O) groups excluding carboxylic acids is 1. The number of Topliss-reactive ketones (excluding diaryl/α,β-unsaturated/α-hetero) is 1. The molecule has 0 fully saturated rings. The minimum atomic E-state index is -1.69. The third-order valence-corrected chi connectivity index (χ3v) is 4.02. The molecule has 1 rings (SSSR count). The number of aliphatic hydroxyl groups is 3. The SMILES string of the molecule is CO[C@H](CCOCc1ccccc1)C[C@@H](OC)[C@@H](O)[C@H](O)C(=O)CO. The van der Waals surface area contributed by atoms with E-state index in [1.807, 2.05) is 30.3 Å². The zero-order chi connectivity index (χ0) is 18.7. The summed E-state index contributed by atoms with van der Waals surface area (Å²) < 4.78 is 16.1. The van der Waals surface area contributed by atoms with Gasteiger partial charge in [-0.2, -0.15) is 0 Å². The van der Waals surface area contributed by atoms with E-state index in [2.05, 4.69) is 0 Å². The van der Waals surface area contributed by atoms with Gasteiger partial charge < -0.3 is 29.5 Å². The third-order valence-electron chi connectivity index (χ3n) is 4.02. The lowest BCUT2D eigenvalue weighted by Gasteiger charge is -2.27. The smallest absolute Gasteiger partial charge is 0.189 e. The van der Waals surface area contributed by atoms with Crippen molar-refractivity contribution < 1.29 is 34.3 Å². The molecule has 0 aliphatic heterocycles. The molecule has 0 bridgehead atoms. The first kappa shape index (κ1) is 21.7. The average Bonchev–Trinajstić information content (AvgIpc) is 2.66. The first-order valence-electron chi connectivity index (χ1n) is 8.20. The van der Waals surface area contributed by atoms with Crippen LogP contribution in [0.25, 0.3) is 0 Å². The molecule has 0 radical (unpaired) electrons. The number of methoxy groups -OCH3 is 2. The Bertz CT molecular complexity index is 480. The summed E-state index contributed by atoms with van der Waals surface area (Å²) in [5.74, 6) is -0.852. The largest absolute Gasteiger partial charge is 0.388 e. The van der Waals surface area contributed by atoms with E-state index >= 15 is 0 Å². The zero-order valence-corrected chi connectivity index (χ0v) is 14.7. The van der Waals surface area contributed by atoms with E-state index in [0.29, 0.717) is 19.6 Å². The summed E-state index contributed by atoms with van der Waals surface area (Å²) in [6.45, 7) is 0.116. The van der Waals surface area contributed by atoms with Crippen molar-refractivity contribution in [2.24, 2.45) is 0 Å². The fourth-order valence-electron chi connectivity index (χ4n) is 2.43. The highest BCUT2D eigenvalue weighted by atomic mass is 16.5. The molecule has 0 saturated heterocycles. The van der Waals surface area contributed by atoms with E-state index in [4.69, 9.17) is 19.3 Å². The number of ether oxygens (including phenoxy) is 3. The predicted molar refractivity (Wildman–Crippen MR) is 91.0 cm³/mol. The van der Waals surface area contributed by atoms with Crippen LogP contribution in [-0.4, -0.2) is 73.0 Å². The van der Waals surface area contributed by atoms with Gasteiger partial charge >= 0.3 is 0 Å². The van der Waals surface area contributed by atoms with Crippen molar-refractivity contribution in [3.63, 3.8) is 0 Å². The van der Waals surface area contributed by atoms with Gasteiger partial charge in [0.05, 0.1) is 18.8 Å². The average molecular weight is 356 g/mol. The van der Waals surface area contributed by atoms with Crippen LogP contribution in [0.15, 0.2) is 30.3 Å². The normalized spacial score (nSPS) is 16.2. The van der Waals surface area contributed by atoms with Crippen molar-refractivity contribution >= 4 is 5.78 Å². The molecule has 1 aromatic rings. The zero-order valence-electron chi connectivity index (χ0n) is 14.7. The van der Waals surface area contributed by atoms with Crippen LogP contribution < -0.4 is 0 Å². The maximum Gasteiger partial charge on any atom is 0.189 e. The molecule has 0 unspecified atom stereocenters. The Morgan fingerprint density at radius 3 is 2.36 bits per heavy atom. The Morgan fingerprint density at radius 2 is 1.80 bits per heavy atom. The maximum absolute atomic E-state index is 11.3. The minimum Gasteiger partial charge on any atom is -0.388 e. The van der Waals surface area contributed by atoms with Gasteiger partial charge in [-0.3, -0.25) is 4.79 Å². The Labute approximate surface area is 148 Å². The Morgan fingerprint density at radius 1 is 1.12 bits per heavy atom. The molecule has 3 N–H and O–H groups in total. The van der Waals surface area contributed by atoms with Gasteiger partial charge in [-0.25, -0.2) is 0 Å². The molecule has 0 aliphatic rings. The van der Waals surface area contributed by atoms with Crippen LogP contribution in [0.3, 0.4) is 0 Å². The predicted octanol–water partition coefficient (Wildman–Crippen LogP) is 0.297. The summed E-state index contributed by atoms with van der Waals surface area (Å²) in [4.78, 5) is 11.3. The van der Waals surface area contributed by atoms with E-state index in [0.717, 1.165) is 5.56 Å². The first-order chi connectivity index (χ1) is 12.0. The number of carbonyl (C=O) groups is 1. The Balaban J connectivity index is 2.42. The van der Waals surface area contributed by atoms with Gasteiger partial charge in [0.2, 0.25) is 0 Å². The number of hydrogen-bond acceptors (Lipinski definition) is 7. The molecule has 142 valence electrons. The molecule has 0 aliphatic carbocycles. The van der Waals surface area contributed by atoms with Crippen molar-refractivity contribution in [3.05, 3.63) is 35.9 Å². The molecule has 0 spiro atoms. The van der Waals surface area contributed by atoms with Gasteiger partial charge in [0.15, 0.2) is 5.78 Å². The molecule has 7 nitrogen and oxygen atoms in total. The number of benzene rings is 1. The van der Waals surface area contributed by atoms with Crippen LogP contribution in [0.1, 0.15) is 18.4 Å². The number of rotatable bonds is 13. The summed E-state index contributed by atoms with van der Waals surface area (Å²) in [5, 5.41) is 28.5. The maximum atomic E-state index is 11.3. The van der Waals surface area contributed by atoms with Crippen molar-refractivity contribution in [3.8, 4) is 0 Å². The van der Waals surface area contributed by atoms with Gasteiger partial charge in [0.25, 0.3) is 0 Å². The van der Waals surface area contributed by atoms with Crippen LogP contribution >= 0.6 is 0 Å². The van der Waals surface area contributed by atoms with Crippen molar-refractivity contribution in [2.75, 3.05) is 27.4 Å². The molecule has 1 aromatic carbocycles. The van der Waals surface area contributed by atoms with Crippen LogP contribution in [0.2, 0.25) is 0 Å². The summed E-state index contributed by atoms with van der Waals surface area (Å²) in [5.41, 5.74) is 1.08. The summed E-state index contributed by atoms with van der Waals surface area (Å²) in [6, 6.07) is 9.78. The molecule has 0 aromatic heterocycles. The molecular formula is C18H28O7. The van der Waals surface area contributed by atoms with Crippen LogP contribution in [0.4, 0.5) is 0 Å². The number of ketones is 1. The molecule has 0 heterocycles. The van der Waals surface area contributed by atoms with Gasteiger partial charge in [0, 0.05) is 27.2 Å². The topological polar surface area (TPSA) is 105 Å². The molecular weight excluding hydrogens is 328 g/mol. The number of aliphatic hydroxyl groups excluding tert-OH is 3. The summed E-state index contributed by atoms with van der Waals surface area (Å²) in [6.07, 6.45) is -3.36. The molecule has 0 saturated carbocycles. The molecule has 7 heteroatoms. The standard InChI is InChI=1S/C18H28O7/c1-23-14(8-9-25-12-13-6-4-3-5-7-13)10-16(24-2)18(22)17(21)15(20)11-19/h3-7,14,16-19,21-22H,8-12H2,1-2H3/t14-,16-,17-,18-/m1/s1. The highest BCUT2D eigenvalue weighted by Crippen LogP contribution is 2.15. The molecule has 0 amide bonds. The van der Waals surface area contributed by atoms with Crippen molar-refractivity contribution in [2.45, 2.75) is 43.9 Å². The summed E-state index contributed by atoms with van der Waals surface area (Å²) in [7, 11) is 2.92. The van der Waals surface area contributed by atoms with Gasteiger partial charge in [-0.15, -0.1) is 0 Å². The fraction of sp³-hybridized carbons (Fsp3) is 0.611. The Hall–Kier alpha value is -1.35. The van der Waals surface area contributed by atoms with Crippen LogP contribution in [-0.2, 0) is 25.6 Å². The van der Waals surface area contributed by atoms with E-state index in [-0.39, 0.29) is 12.5 Å². The van der Waals surface area contributed by atoms with Gasteiger partial charge in [-0.1, -0.05) is 30.3 Å². The van der Waals surface area contributed by atoms with Crippen molar-refractivity contribution in [1.29, 1.82) is 0 Å². The lowest BCUT2D eigenvalue weighted by molar-refractivity contribution is -0.145. The van der Waals surface area contributed by atoms with Crippen LogP contribution in [0.5, 0.6) is 0 Å². The molecule has 4 atom stereocenters. The second-order valence-electron chi connectivity index (χ2n) is 5.75. The van der Waals surface area contributed by atoms with Crippen LogP contribution in [0, 0.1) is 0 Å². The second-order valence-corrected chi connectivity index (χ2v) is 5.75. The van der Waals surface area contributed by atoms with E-state index in [9.17, 15) is 15.0 Å². The number of hydrogen-bond donors (Lipinski definition) is 3. The van der Waals surface area contributed by atoms with Crippen molar-refractivity contribution in [1.82, 2.24) is 0 Å². The monoisotopic (exact) mass is 356 g/mol. The van der Waals surface area contributed by atoms with E-state index in [1.165, 1.54) is 14.2 Å². The fourth-order valence-corrected chi connectivity index (χ4v) is 2.43. The molecule has 25 heavy (non-hydrogen) atoms. The highest BCUT2D eigenvalue weighted by molar-refractivity contribution is 5.84. The second kappa shape index (κ2) is 12.1. The minimum absolute atomic E-state index is 0.271. The first-order valence-corrected chi connectivity index (χ1v) is 8.20. The highest BCUT2D eigenvalue weighted by Gasteiger charge is 2.32. The quantitative estimate of drug-likeness (QED) is 0.437. The Kier molecular flexibility index (Phi) is 10.5. The third kappa shape index (κ3) is 7.60. The lowest BCUT2D eigenvalue weighted by Crippen LogP contribution is -2.45.